The fourth-order valence-corrected chi connectivity index (χ4v) is 4.80. The Bertz CT molecular complexity index is 772. The van der Waals surface area contributed by atoms with Crippen LogP contribution in [0.3, 0.4) is 0 Å². The van der Waals surface area contributed by atoms with Crippen LogP contribution in [0.5, 0.6) is 0 Å². The number of nitrogens with one attached hydrogen (secondary N) is 3. The van der Waals surface area contributed by atoms with Gasteiger partial charge in [-0.05, 0) is 42.0 Å². The summed E-state index contributed by atoms with van der Waals surface area (Å²) in [6.45, 7) is 6.43. The zero-order valence-electron chi connectivity index (χ0n) is 15.9. The molecule has 2 aliphatic rings. The molecule has 2 fully saturated rings. The van der Waals surface area contributed by atoms with E-state index in [0.717, 1.165) is 18.6 Å². The Morgan fingerprint density at radius 1 is 1.19 bits per heavy atom. The molecule has 1 aromatic rings. The molecule has 3 rings (SSSR count). The van der Waals surface area contributed by atoms with Crippen molar-refractivity contribution in [3.05, 3.63) is 22.4 Å². The third kappa shape index (κ3) is 3.76. The Labute approximate surface area is 163 Å². The van der Waals surface area contributed by atoms with Crippen LogP contribution in [-0.4, -0.2) is 36.5 Å². The zero-order valence-corrected chi connectivity index (χ0v) is 16.7. The number of rotatable bonds is 6. The number of thiophene rings is 1. The second-order valence-electron chi connectivity index (χ2n) is 8.02. The first-order valence-corrected chi connectivity index (χ1v) is 10.1. The molecule has 27 heavy (non-hydrogen) atoms. The average molecular weight is 391 g/mol. The number of amides is 3. The van der Waals surface area contributed by atoms with Gasteiger partial charge in [0.25, 0.3) is 11.8 Å². The molecule has 146 valence electrons. The molecule has 2 aliphatic carbocycles. The summed E-state index contributed by atoms with van der Waals surface area (Å²) in [5.74, 6) is -0.478. The lowest BCUT2D eigenvalue weighted by atomic mass is 9.70. The van der Waals surface area contributed by atoms with Gasteiger partial charge in [0.2, 0.25) is 5.91 Å². The maximum atomic E-state index is 12.0. The van der Waals surface area contributed by atoms with E-state index >= 15 is 0 Å². The Morgan fingerprint density at radius 3 is 2.52 bits per heavy atom. The summed E-state index contributed by atoms with van der Waals surface area (Å²) in [5, 5.41) is 11.2. The molecule has 0 aliphatic heterocycles. The van der Waals surface area contributed by atoms with Gasteiger partial charge in [0.15, 0.2) is 0 Å². The van der Waals surface area contributed by atoms with Gasteiger partial charge in [-0.3, -0.25) is 14.4 Å². The monoisotopic (exact) mass is 390 g/mol. The lowest BCUT2D eigenvalue weighted by Crippen LogP contribution is -2.41. The number of nitrogens with zero attached hydrogens (tertiary/aromatic N) is 1. The SMILES string of the molecule is CC1(C)[C@H]2CC[C@@]1(C)/C(=N/NC(=O)CNC(=O)CNC(=O)c1cccs1)C2. The second kappa shape index (κ2) is 7.42. The van der Waals surface area contributed by atoms with Crippen molar-refractivity contribution in [2.75, 3.05) is 13.1 Å². The summed E-state index contributed by atoms with van der Waals surface area (Å²) < 4.78 is 0. The van der Waals surface area contributed by atoms with Crippen molar-refractivity contribution in [2.24, 2.45) is 21.8 Å². The molecule has 1 aromatic heterocycles. The standard InChI is InChI=1S/C19H26N4O3S/c1-18(2)12-6-7-19(18,3)14(9-12)22-23-16(25)11-20-15(24)10-21-17(26)13-5-4-8-27-13/h4-5,8,12H,6-7,9-11H2,1-3H3,(H,20,24)(H,21,26)(H,23,25)/b22-14+/t12-,19-/m0/s1. The van der Waals surface area contributed by atoms with Crippen LogP contribution >= 0.6 is 11.3 Å². The van der Waals surface area contributed by atoms with Crippen molar-refractivity contribution in [1.29, 1.82) is 0 Å². The normalized spacial score (nSPS) is 26.8. The smallest absolute Gasteiger partial charge is 0.261 e. The van der Waals surface area contributed by atoms with E-state index in [2.05, 4.69) is 41.9 Å². The van der Waals surface area contributed by atoms with Crippen LogP contribution in [-0.2, 0) is 9.59 Å². The van der Waals surface area contributed by atoms with Crippen molar-refractivity contribution in [2.45, 2.75) is 40.0 Å². The first-order valence-electron chi connectivity index (χ1n) is 9.18. The number of hydrazone groups is 1. The molecule has 2 atom stereocenters. The molecule has 0 spiro atoms. The van der Waals surface area contributed by atoms with E-state index in [1.54, 1.807) is 17.5 Å². The van der Waals surface area contributed by atoms with Gasteiger partial charge in [0.1, 0.15) is 0 Å². The number of hydrogen-bond acceptors (Lipinski definition) is 5. The van der Waals surface area contributed by atoms with Gasteiger partial charge in [0, 0.05) is 11.1 Å². The fourth-order valence-electron chi connectivity index (χ4n) is 4.16. The highest BCUT2D eigenvalue weighted by Crippen LogP contribution is 2.63. The summed E-state index contributed by atoms with van der Waals surface area (Å²) in [5.41, 5.74) is 3.84. The highest BCUT2D eigenvalue weighted by atomic mass is 32.1. The van der Waals surface area contributed by atoms with Crippen LogP contribution in [0.1, 0.15) is 49.7 Å². The van der Waals surface area contributed by atoms with Gasteiger partial charge < -0.3 is 10.6 Å². The average Bonchev–Trinajstić information content (AvgIpc) is 3.29. The molecule has 7 nitrogen and oxygen atoms in total. The van der Waals surface area contributed by atoms with Crippen molar-refractivity contribution in [3.8, 4) is 0 Å². The molecule has 3 N–H and O–H groups in total. The maximum absolute atomic E-state index is 12.0. The minimum atomic E-state index is -0.421. The minimum absolute atomic E-state index is 0.0280. The van der Waals surface area contributed by atoms with Crippen molar-refractivity contribution in [3.63, 3.8) is 0 Å². The van der Waals surface area contributed by atoms with Crippen molar-refractivity contribution < 1.29 is 14.4 Å². The molecule has 0 aromatic carbocycles. The number of fused-ring (bicyclic) bond motifs is 2. The number of hydrogen-bond donors (Lipinski definition) is 3. The largest absolute Gasteiger partial charge is 0.345 e. The van der Waals surface area contributed by atoms with Crippen LogP contribution in [0.2, 0.25) is 0 Å². The summed E-state index contributed by atoms with van der Waals surface area (Å²) in [7, 11) is 0. The van der Waals surface area contributed by atoms with E-state index in [0.29, 0.717) is 10.8 Å². The highest BCUT2D eigenvalue weighted by Gasteiger charge is 2.59. The van der Waals surface area contributed by atoms with Gasteiger partial charge in [-0.15, -0.1) is 11.3 Å². The first kappa shape index (κ1) is 19.5. The predicted octanol–water partition coefficient (Wildman–Crippen LogP) is 1.91. The number of carbonyl (C=O) groups is 3. The molecule has 2 saturated carbocycles. The van der Waals surface area contributed by atoms with E-state index < -0.39 is 5.91 Å². The zero-order chi connectivity index (χ0) is 19.7. The van der Waals surface area contributed by atoms with Gasteiger partial charge in [0.05, 0.1) is 18.0 Å². The molecule has 8 heteroatoms. The summed E-state index contributed by atoms with van der Waals surface area (Å²) in [6.07, 6.45) is 3.23. The summed E-state index contributed by atoms with van der Waals surface area (Å²) in [4.78, 5) is 36.1. The highest BCUT2D eigenvalue weighted by molar-refractivity contribution is 7.12. The Morgan fingerprint density at radius 2 is 1.93 bits per heavy atom. The van der Waals surface area contributed by atoms with E-state index in [9.17, 15) is 14.4 Å². The van der Waals surface area contributed by atoms with E-state index in [-0.39, 0.29) is 35.7 Å². The van der Waals surface area contributed by atoms with Gasteiger partial charge in [-0.25, -0.2) is 5.43 Å². The maximum Gasteiger partial charge on any atom is 0.261 e. The summed E-state index contributed by atoms with van der Waals surface area (Å²) in [6, 6.07) is 3.45. The molecular weight excluding hydrogens is 364 g/mol. The van der Waals surface area contributed by atoms with Crippen molar-refractivity contribution >= 4 is 34.8 Å². The Kier molecular flexibility index (Phi) is 5.37. The van der Waals surface area contributed by atoms with Crippen LogP contribution in [0.25, 0.3) is 0 Å². The van der Waals surface area contributed by atoms with Gasteiger partial charge >= 0.3 is 0 Å². The molecule has 2 bridgehead atoms. The molecular formula is C19H26N4O3S. The van der Waals surface area contributed by atoms with E-state index in [1.807, 2.05) is 0 Å². The first-order chi connectivity index (χ1) is 12.7. The Hall–Kier alpha value is -2.22. The van der Waals surface area contributed by atoms with Crippen LogP contribution < -0.4 is 16.1 Å². The second-order valence-corrected chi connectivity index (χ2v) is 8.97. The third-order valence-corrected chi connectivity index (χ3v) is 7.30. The van der Waals surface area contributed by atoms with Gasteiger partial charge in [-0.1, -0.05) is 26.8 Å². The fraction of sp³-hybridized carbons (Fsp3) is 0.579. The topological polar surface area (TPSA) is 99.7 Å². The third-order valence-electron chi connectivity index (χ3n) is 6.43. The Balaban J connectivity index is 1.41. The van der Waals surface area contributed by atoms with Gasteiger partial charge in [-0.2, -0.15) is 5.10 Å². The molecule has 0 radical (unpaired) electrons. The van der Waals surface area contributed by atoms with Crippen LogP contribution in [0.4, 0.5) is 0 Å². The molecule has 3 amide bonds. The summed E-state index contributed by atoms with van der Waals surface area (Å²) >= 11 is 1.30. The quantitative estimate of drug-likeness (QED) is 0.647. The van der Waals surface area contributed by atoms with Crippen LogP contribution in [0.15, 0.2) is 22.6 Å². The molecule has 0 saturated heterocycles. The van der Waals surface area contributed by atoms with E-state index in [1.165, 1.54) is 17.8 Å². The van der Waals surface area contributed by atoms with Crippen LogP contribution in [0, 0.1) is 16.7 Å². The minimum Gasteiger partial charge on any atom is -0.345 e. The molecule has 0 unspecified atom stereocenters. The van der Waals surface area contributed by atoms with Crippen molar-refractivity contribution in [1.82, 2.24) is 16.1 Å². The molecule has 1 heterocycles. The van der Waals surface area contributed by atoms with E-state index in [4.69, 9.17) is 0 Å². The lowest BCUT2D eigenvalue weighted by Gasteiger charge is -2.34. The predicted molar refractivity (Wildman–Crippen MR) is 104 cm³/mol. The number of carbonyl (C=O) groups excluding carboxylic acids is 3. The lowest BCUT2D eigenvalue weighted by molar-refractivity contribution is -0.125.